The second kappa shape index (κ2) is 7.47. The summed E-state index contributed by atoms with van der Waals surface area (Å²) >= 11 is 0. The summed E-state index contributed by atoms with van der Waals surface area (Å²) in [7, 11) is 0. The fraction of sp³-hybridized carbons (Fsp3) is 0.0588. The molecule has 0 spiro atoms. The van der Waals surface area contributed by atoms with Gasteiger partial charge in [0.2, 0.25) is 0 Å². The van der Waals surface area contributed by atoms with Crippen molar-refractivity contribution in [2.45, 2.75) is 12.8 Å². The molecule has 0 saturated heterocycles. The van der Waals surface area contributed by atoms with Crippen LogP contribution in [0.1, 0.15) is 12.8 Å². The zero-order valence-electron chi connectivity index (χ0n) is 19.9. The van der Waals surface area contributed by atoms with E-state index in [4.69, 9.17) is 0 Å². The van der Waals surface area contributed by atoms with Gasteiger partial charge >= 0.3 is 0 Å². The molecule has 1 aliphatic carbocycles. The largest absolute Gasteiger partial charge is 0.310 e. The standard InChI is InChI=1S/C34H24N2/c1-3-12-24(13-4-1)35-30-18-10-9-17-27(30)28-21-29-33(22-32(28)35)36(25-14-5-2-6-15-25)31-20-19-23-11-7-8-16-26(23)34(29)31/h2-3,5-22H,1,4H2. The lowest BCUT2D eigenvalue weighted by atomic mass is 10.0. The zero-order valence-corrected chi connectivity index (χ0v) is 19.9. The first-order valence-electron chi connectivity index (χ1n) is 12.7. The average molecular weight is 461 g/mol. The molecular weight excluding hydrogens is 436 g/mol. The van der Waals surface area contributed by atoms with E-state index in [1.165, 1.54) is 65.8 Å². The number of hydrogen-bond donors (Lipinski definition) is 0. The van der Waals surface area contributed by atoms with Crippen molar-refractivity contribution in [1.82, 2.24) is 9.13 Å². The first-order valence-corrected chi connectivity index (χ1v) is 12.7. The Labute approximate surface area is 209 Å². The van der Waals surface area contributed by atoms with Gasteiger partial charge in [-0.2, -0.15) is 0 Å². The molecule has 2 heteroatoms. The van der Waals surface area contributed by atoms with Crippen LogP contribution in [0.15, 0.2) is 121 Å². The van der Waals surface area contributed by atoms with E-state index >= 15 is 0 Å². The highest BCUT2D eigenvalue weighted by Gasteiger charge is 2.19. The van der Waals surface area contributed by atoms with Gasteiger partial charge in [-0.1, -0.05) is 78.9 Å². The van der Waals surface area contributed by atoms with Crippen LogP contribution < -0.4 is 0 Å². The van der Waals surface area contributed by atoms with Gasteiger partial charge in [0, 0.05) is 32.9 Å². The molecule has 0 N–H and O–H groups in total. The molecule has 0 atom stereocenters. The second-order valence-corrected chi connectivity index (χ2v) is 9.70. The Hall–Kier alpha value is -4.56. The number of aromatic nitrogens is 2. The maximum atomic E-state index is 2.45. The quantitative estimate of drug-likeness (QED) is 0.243. The predicted octanol–water partition coefficient (Wildman–Crippen LogP) is 9.24. The summed E-state index contributed by atoms with van der Waals surface area (Å²) in [5.74, 6) is 0. The van der Waals surface area contributed by atoms with E-state index in [-0.39, 0.29) is 0 Å². The molecule has 170 valence electrons. The molecule has 0 bridgehead atoms. The highest BCUT2D eigenvalue weighted by Crippen LogP contribution is 2.42. The molecule has 0 radical (unpaired) electrons. The highest BCUT2D eigenvalue weighted by molar-refractivity contribution is 6.25. The number of para-hydroxylation sites is 2. The Morgan fingerprint density at radius 3 is 2.14 bits per heavy atom. The first kappa shape index (κ1) is 19.7. The zero-order chi connectivity index (χ0) is 23.6. The Balaban J connectivity index is 1.62. The van der Waals surface area contributed by atoms with E-state index in [1.807, 2.05) is 0 Å². The minimum absolute atomic E-state index is 1.08. The van der Waals surface area contributed by atoms with Crippen molar-refractivity contribution in [2.24, 2.45) is 0 Å². The third-order valence-corrected chi connectivity index (χ3v) is 7.70. The smallest absolute Gasteiger partial charge is 0.0562 e. The summed E-state index contributed by atoms with van der Waals surface area (Å²) in [6.45, 7) is 0. The molecule has 5 aromatic carbocycles. The summed E-state index contributed by atoms with van der Waals surface area (Å²) in [6.07, 6.45) is 9.14. The number of benzene rings is 5. The molecule has 2 aromatic heterocycles. The van der Waals surface area contributed by atoms with Crippen LogP contribution in [-0.2, 0) is 0 Å². The van der Waals surface area contributed by atoms with E-state index < -0.39 is 0 Å². The van der Waals surface area contributed by atoms with Crippen molar-refractivity contribution in [1.29, 1.82) is 0 Å². The van der Waals surface area contributed by atoms with E-state index in [9.17, 15) is 0 Å². The summed E-state index contributed by atoms with van der Waals surface area (Å²) < 4.78 is 4.88. The Morgan fingerprint density at radius 2 is 1.28 bits per heavy atom. The van der Waals surface area contributed by atoms with E-state index in [0.717, 1.165) is 12.8 Å². The first-order chi connectivity index (χ1) is 17.9. The second-order valence-electron chi connectivity index (χ2n) is 9.70. The molecule has 0 saturated carbocycles. The minimum Gasteiger partial charge on any atom is -0.310 e. The Kier molecular flexibility index (Phi) is 4.09. The van der Waals surface area contributed by atoms with Gasteiger partial charge in [0.25, 0.3) is 0 Å². The molecule has 7 aromatic rings. The molecule has 0 fully saturated rings. The fourth-order valence-corrected chi connectivity index (χ4v) is 6.15. The lowest BCUT2D eigenvalue weighted by Crippen LogP contribution is -1.97. The average Bonchev–Trinajstić information content (AvgIpc) is 3.45. The fourth-order valence-electron chi connectivity index (χ4n) is 6.15. The van der Waals surface area contributed by atoms with Crippen LogP contribution in [0.2, 0.25) is 0 Å². The number of fused-ring (bicyclic) bond motifs is 8. The lowest BCUT2D eigenvalue weighted by Gasteiger charge is -2.12. The number of allylic oxidation sites excluding steroid dienone is 4. The lowest BCUT2D eigenvalue weighted by molar-refractivity contribution is 1.02. The molecule has 8 rings (SSSR count). The van der Waals surface area contributed by atoms with Gasteiger partial charge in [0.15, 0.2) is 0 Å². The molecular formula is C34H24N2. The van der Waals surface area contributed by atoms with Gasteiger partial charge in [0.1, 0.15) is 0 Å². The summed E-state index contributed by atoms with van der Waals surface area (Å²) in [6, 6.07) is 37.7. The summed E-state index contributed by atoms with van der Waals surface area (Å²) in [5.41, 5.74) is 7.45. The summed E-state index contributed by atoms with van der Waals surface area (Å²) in [4.78, 5) is 0. The topological polar surface area (TPSA) is 9.86 Å². The molecule has 1 aliphatic rings. The van der Waals surface area contributed by atoms with Crippen molar-refractivity contribution in [2.75, 3.05) is 0 Å². The van der Waals surface area contributed by atoms with Crippen LogP contribution in [0.4, 0.5) is 0 Å². The van der Waals surface area contributed by atoms with Crippen LogP contribution in [0.25, 0.3) is 65.8 Å². The van der Waals surface area contributed by atoms with Crippen LogP contribution in [-0.4, -0.2) is 9.13 Å². The maximum absolute atomic E-state index is 2.45. The summed E-state index contributed by atoms with van der Waals surface area (Å²) in [5, 5.41) is 7.80. The third kappa shape index (κ3) is 2.67. The monoisotopic (exact) mass is 460 g/mol. The van der Waals surface area contributed by atoms with Crippen LogP contribution in [0, 0.1) is 0 Å². The SMILES string of the molecule is C1=CC(n2c3ccccc3c3cc4c5c6ccccc6ccc5n(-c5ccccc5)c4cc32)=CCC1. The normalized spacial score (nSPS) is 13.9. The van der Waals surface area contributed by atoms with Crippen LogP contribution >= 0.6 is 0 Å². The van der Waals surface area contributed by atoms with E-state index in [2.05, 4.69) is 130 Å². The maximum Gasteiger partial charge on any atom is 0.0562 e. The Bertz CT molecular complexity index is 2030. The van der Waals surface area contributed by atoms with Crippen molar-refractivity contribution in [3.8, 4) is 5.69 Å². The van der Waals surface area contributed by atoms with Crippen LogP contribution in [0.5, 0.6) is 0 Å². The highest BCUT2D eigenvalue weighted by atomic mass is 15.0. The van der Waals surface area contributed by atoms with Gasteiger partial charge in [-0.15, -0.1) is 0 Å². The van der Waals surface area contributed by atoms with Crippen molar-refractivity contribution >= 4 is 60.1 Å². The van der Waals surface area contributed by atoms with Crippen LogP contribution in [0.3, 0.4) is 0 Å². The minimum atomic E-state index is 1.08. The number of nitrogens with zero attached hydrogens (tertiary/aromatic N) is 2. The molecule has 2 nitrogen and oxygen atoms in total. The number of hydrogen-bond acceptors (Lipinski definition) is 0. The van der Waals surface area contributed by atoms with Gasteiger partial charge < -0.3 is 9.13 Å². The van der Waals surface area contributed by atoms with Gasteiger partial charge in [-0.25, -0.2) is 0 Å². The predicted molar refractivity (Wildman–Crippen MR) is 154 cm³/mol. The molecule has 0 aliphatic heterocycles. The number of rotatable bonds is 2. The van der Waals surface area contributed by atoms with Crippen molar-refractivity contribution in [3.63, 3.8) is 0 Å². The Morgan fingerprint density at radius 1 is 0.500 bits per heavy atom. The van der Waals surface area contributed by atoms with Gasteiger partial charge in [0.05, 0.1) is 22.1 Å². The van der Waals surface area contributed by atoms with Crippen molar-refractivity contribution in [3.05, 3.63) is 121 Å². The van der Waals surface area contributed by atoms with E-state index in [1.54, 1.807) is 0 Å². The molecule has 2 heterocycles. The molecule has 0 unspecified atom stereocenters. The van der Waals surface area contributed by atoms with Gasteiger partial charge in [-0.05, 0) is 66.1 Å². The van der Waals surface area contributed by atoms with Gasteiger partial charge in [-0.3, -0.25) is 0 Å². The van der Waals surface area contributed by atoms with Crippen molar-refractivity contribution < 1.29 is 0 Å². The molecule has 36 heavy (non-hydrogen) atoms. The third-order valence-electron chi connectivity index (χ3n) is 7.70. The van der Waals surface area contributed by atoms with E-state index in [0.29, 0.717) is 0 Å². The molecule has 0 amide bonds.